The van der Waals surface area contributed by atoms with Crippen LogP contribution in [0.5, 0.6) is 5.75 Å². The molecule has 0 saturated heterocycles. The lowest BCUT2D eigenvalue weighted by atomic mass is 10.0. The van der Waals surface area contributed by atoms with E-state index < -0.39 is 29.9 Å². The van der Waals surface area contributed by atoms with Crippen molar-refractivity contribution in [2.24, 2.45) is 5.92 Å². The molecule has 10 N–H and O–H groups in total. The Morgan fingerprint density at radius 2 is 0.931 bits per heavy atom. The van der Waals surface area contributed by atoms with Crippen LogP contribution in [-0.4, -0.2) is 161 Å². The number of nitrogens with zero attached hydrogens (tertiary/aromatic N) is 12. The molecule has 37 heteroatoms. The molecule has 11 heterocycles. The number of sulfone groups is 1. The second-order valence-electron chi connectivity index (χ2n) is 31.4. The van der Waals surface area contributed by atoms with E-state index >= 15 is 0 Å². The maximum absolute atomic E-state index is 13.2. The molecular weight excluding hydrogens is 1730 g/mol. The lowest BCUT2D eigenvalue weighted by molar-refractivity contribution is -0.117. The number of anilines is 8. The Morgan fingerprint density at radius 1 is 0.481 bits per heavy atom. The number of rotatable bonds is 24. The van der Waals surface area contributed by atoms with Gasteiger partial charge in [-0.1, -0.05) is 63.4 Å². The number of sulfonamides is 2. The predicted octanol–water partition coefficient (Wildman–Crippen LogP) is 13.7. The normalized spacial score (nSPS) is 12.2. The third-order valence-corrected chi connectivity index (χ3v) is 25.4. The van der Waals surface area contributed by atoms with Crippen molar-refractivity contribution in [3.63, 3.8) is 0 Å². The zero-order chi connectivity index (χ0) is 95.0. The highest BCUT2D eigenvalue weighted by Gasteiger charge is 2.31. The fourth-order valence-electron chi connectivity index (χ4n) is 13.8. The molecule has 0 unspecified atom stereocenters. The minimum Gasteiger partial charge on any atom is -0.495 e. The third kappa shape index (κ3) is 27.7. The van der Waals surface area contributed by atoms with Crippen LogP contribution in [0.4, 0.5) is 46.3 Å². The van der Waals surface area contributed by atoms with E-state index in [2.05, 4.69) is 80.6 Å². The topological polar surface area (TPSA) is 491 Å². The van der Waals surface area contributed by atoms with Gasteiger partial charge < -0.3 is 47.3 Å². The molecule has 0 bridgehead atoms. The van der Waals surface area contributed by atoms with Gasteiger partial charge in [0, 0.05) is 168 Å². The van der Waals surface area contributed by atoms with Crippen molar-refractivity contribution in [2.45, 2.75) is 135 Å². The number of carbonyl (C=O) groups is 7. The summed E-state index contributed by atoms with van der Waals surface area (Å²) in [6, 6.07) is 40.4. The first-order valence-electron chi connectivity index (χ1n) is 41.5. The number of aromatic nitrogens is 10. The monoisotopic (exact) mass is 1830 g/mol. The van der Waals surface area contributed by atoms with Crippen LogP contribution >= 0.6 is 0 Å². The summed E-state index contributed by atoms with van der Waals surface area (Å²) < 4.78 is 86.7. The van der Waals surface area contributed by atoms with Crippen molar-refractivity contribution < 1.29 is 63.6 Å². The van der Waals surface area contributed by atoms with Crippen LogP contribution in [0.1, 0.15) is 135 Å². The van der Waals surface area contributed by atoms with E-state index in [1.54, 1.807) is 167 Å². The average Bonchev–Trinajstić information content (AvgIpc) is 1.75. The Balaban J connectivity index is 0.000000171. The van der Waals surface area contributed by atoms with Gasteiger partial charge in [0.25, 0.3) is 21.8 Å². The fourth-order valence-corrected chi connectivity index (χ4v) is 18.4. The Bertz CT molecular complexity index is 6600. The van der Waals surface area contributed by atoms with Crippen molar-refractivity contribution in [3.05, 3.63) is 247 Å². The number of aryl methyl sites for hydroxylation is 3. The van der Waals surface area contributed by atoms with Gasteiger partial charge in [0.15, 0.2) is 9.84 Å². The molecule has 14 rings (SSSR count). The van der Waals surface area contributed by atoms with Gasteiger partial charge in [-0.3, -0.25) is 58.2 Å². The lowest BCUT2D eigenvalue weighted by Gasteiger charge is -2.22. The zero-order valence-corrected chi connectivity index (χ0v) is 77.2. The van der Waals surface area contributed by atoms with Gasteiger partial charge in [0.05, 0.1) is 46.3 Å². The summed E-state index contributed by atoms with van der Waals surface area (Å²) in [5.74, 6) is 1.19. The number of amides is 6. The molecule has 131 heavy (non-hydrogen) atoms. The van der Waals surface area contributed by atoms with Crippen LogP contribution < -0.4 is 51.8 Å². The summed E-state index contributed by atoms with van der Waals surface area (Å²) in [4.78, 5) is 126. The standard InChI is InChI=1S/C21H19N5O2.C21H21N3O4S.C20H25N3O3S.C16H21N5O3S.C16H18N4O2/c1-13(27)25-19-11-15(6-8-23-19)16-10-17(20(22)24-12-16)21(28)26-9-7-14-4-2-3-5-18(14)26;1-14(25)10-18-11-16(8-9-22-18)17-12-19(15(2)23-13-17)24-29(26,27)21-7-5-4-6-20(21)28-3;1-14-18(13-27(25,26)19-6-4-3-5-7-19)10-17(12-22-14)16-8-9-21-20(11-16)23-15(2)24;1-10(2)8-20-25(23,24)14-6-13(9-19-16(14)17)12-4-5-18-15(7-12)21-11(3)22;1-10-14(16(22)20(3)4)7-13(9-18-10)12-5-6-17-15(8-12)19-11(2)21/h2-6,8,10-12H,7,9H2,1H3,(H2,22,24)(H,23,25,27);4-9,11-13,24H,10H2,1-3H3;8-12,19H,3-7,13H2,1-2H3,(H,21,23,24);4-7,9-10,20H,8H2,1-3H3,(H2,17,19)(H,18,21,22);5-9H,1-4H3,(H,17,19,21). The van der Waals surface area contributed by atoms with Gasteiger partial charge >= 0.3 is 0 Å². The summed E-state index contributed by atoms with van der Waals surface area (Å²) in [7, 11) is -6.00. The molecule has 1 fully saturated rings. The quantitative estimate of drug-likeness (QED) is 0.0278. The number of nitrogen functional groups attached to an aromatic ring is 2. The summed E-state index contributed by atoms with van der Waals surface area (Å²) in [6.07, 6.45) is 21.8. The summed E-state index contributed by atoms with van der Waals surface area (Å²) in [5.41, 5.74) is 25.9. The van der Waals surface area contributed by atoms with E-state index in [0.29, 0.717) is 86.9 Å². The number of ketones is 1. The number of nitrogens with one attached hydrogen (secondary N) is 6. The molecule has 1 saturated carbocycles. The van der Waals surface area contributed by atoms with Crippen LogP contribution in [-0.2, 0) is 72.5 Å². The number of fused-ring (bicyclic) bond motifs is 1. The number of hydrogen-bond donors (Lipinski definition) is 8. The van der Waals surface area contributed by atoms with Crippen LogP contribution in [0.15, 0.2) is 211 Å². The molecule has 2 aromatic carbocycles. The molecule has 34 nitrogen and oxygen atoms in total. The number of carbonyl (C=O) groups excluding carboxylic acids is 7. The molecule has 12 aromatic rings. The lowest BCUT2D eigenvalue weighted by Crippen LogP contribution is -2.29. The Kier molecular flexibility index (Phi) is 33.8. The van der Waals surface area contributed by atoms with Crippen LogP contribution in [0.25, 0.3) is 55.6 Å². The van der Waals surface area contributed by atoms with Gasteiger partial charge in [0.1, 0.15) is 56.2 Å². The van der Waals surface area contributed by atoms with E-state index in [1.807, 2.05) is 63.2 Å². The highest BCUT2D eigenvalue weighted by Crippen LogP contribution is 2.36. The molecular formula is C94H104N20O14S3. The highest BCUT2D eigenvalue weighted by molar-refractivity contribution is 7.93. The van der Waals surface area contributed by atoms with Crippen LogP contribution in [0, 0.1) is 26.7 Å². The number of pyridine rings is 10. The van der Waals surface area contributed by atoms with Crippen molar-refractivity contribution in [3.8, 4) is 61.4 Å². The fraction of sp³-hybridized carbons (Fsp3) is 0.266. The van der Waals surface area contributed by atoms with Gasteiger partial charge in [-0.15, -0.1) is 0 Å². The van der Waals surface area contributed by atoms with E-state index in [9.17, 15) is 58.8 Å². The van der Waals surface area contributed by atoms with Gasteiger partial charge in [-0.2, -0.15) is 0 Å². The number of Topliss-reactive ketones (excluding diaryl/α,β-unsaturated/α-hetero) is 1. The number of ether oxygens (including phenoxy) is 1. The minimum absolute atomic E-state index is 0.0157. The first-order valence-corrected chi connectivity index (χ1v) is 46.2. The molecule has 1 aliphatic carbocycles. The summed E-state index contributed by atoms with van der Waals surface area (Å²) >= 11 is 0. The Morgan fingerprint density at radius 3 is 1.44 bits per heavy atom. The first kappa shape index (κ1) is 98.6. The van der Waals surface area contributed by atoms with Gasteiger partial charge in [-0.05, 0) is 201 Å². The number of nitrogens with two attached hydrogens (primary N) is 2. The predicted molar refractivity (Wildman–Crippen MR) is 505 cm³/mol. The SMILES string of the molecule is CC(=O)Nc1cc(-c2cnc(C)c(C(=O)N(C)C)c2)ccn1.CC(=O)Nc1cc(-c2cnc(C)c(CS(=O)(=O)C3CCCCC3)c2)ccn1.CC(=O)Nc1cc(-c2cnc(N)c(C(=O)N3CCc4ccccc43)c2)ccn1.CC(=O)Nc1cc(-c2cnc(N)c(S(=O)(=O)NCC(C)C)c2)ccn1.COc1ccccc1S(=O)(=O)Nc1cc(-c2ccnc(CC(C)=O)c2)cnc1C. The molecule has 682 valence electrons. The number of hydrogen-bond acceptors (Lipinski definition) is 26. The molecule has 0 radical (unpaired) electrons. The van der Waals surface area contributed by atoms with Crippen molar-refractivity contribution in [1.29, 1.82) is 0 Å². The molecule has 1 aliphatic heterocycles. The Labute approximate surface area is 761 Å². The minimum atomic E-state index is -3.87. The van der Waals surface area contributed by atoms with Crippen molar-refractivity contribution in [1.82, 2.24) is 59.5 Å². The van der Waals surface area contributed by atoms with Crippen LogP contribution in [0.2, 0.25) is 0 Å². The van der Waals surface area contributed by atoms with E-state index in [0.717, 1.165) is 100.0 Å². The van der Waals surface area contributed by atoms with E-state index in [-0.39, 0.29) is 91.7 Å². The highest BCUT2D eigenvalue weighted by atomic mass is 32.2. The molecule has 10 aromatic heterocycles. The van der Waals surface area contributed by atoms with E-state index in [1.165, 1.54) is 71.2 Å². The molecule has 6 amide bonds. The number of para-hydroxylation sites is 2. The molecule has 2 aliphatic rings. The van der Waals surface area contributed by atoms with Gasteiger partial charge in [0.2, 0.25) is 33.7 Å². The van der Waals surface area contributed by atoms with E-state index in [4.69, 9.17) is 16.2 Å². The average molecular weight is 1830 g/mol. The maximum atomic E-state index is 13.2. The van der Waals surface area contributed by atoms with Crippen molar-refractivity contribution in [2.75, 3.05) is 76.7 Å². The largest absolute Gasteiger partial charge is 0.495 e. The second kappa shape index (κ2) is 44.9. The molecule has 0 spiro atoms. The number of benzene rings is 2. The summed E-state index contributed by atoms with van der Waals surface area (Å²) in [5, 5.41) is 10.3. The third-order valence-electron chi connectivity index (χ3n) is 20.3. The Hall–Kier alpha value is -14.6. The van der Waals surface area contributed by atoms with Crippen molar-refractivity contribution >= 4 is 117 Å². The first-order chi connectivity index (χ1) is 62.2. The smallest absolute Gasteiger partial charge is 0.265 e. The van der Waals surface area contributed by atoms with Gasteiger partial charge in [-0.25, -0.2) is 59.9 Å². The van der Waals surface area contributed by atoms with Crippen LogP contribution in [0.3, 0.4) is 0 Å². The summed E-state index contributed by atoms with van der Waals surface area (Å²) in [6.45, 7) is 17.2. The second-order valence-corrected chi connectivity index (χ2v) is 37.1. The zero-order valence-electron chi connectivity index (χ0n) is 74.7. The number of methoxy groups -OCH3 is 1. The maximum Gasteiger partial charge on any atom is 0.265 e. The molecule has 0 atom stereocenters.